The average Bonchev–Trinajstić information content (AvgIpc) is 1.63. The minimum atomic E-state index is -2.26. The van der Waals surface area contributed by atoms with Gasteiger partial charge >= 0.3 is 0 Å². The lowest BCUT2D eigenvalue weighted by molar-refractivity contribution is 0.519. The molecule has 0 aliphatic rings. The molecule has 0 aliphatic carbocycles. The zero-order valence-electron chi connectivity index (χ0n) is 5.76. The smallest absolute Gasteiger partial charge is 0.243 e. The lowest BCUT2D eigenvalue weighted by atomic mass is 10.2. The molecule has 0 fully saturated rings. The highest BCUT2D eigenvalue weighted by Crippen LogP contribution is 2.33. The summed E-state index contributed by atoms with van der Waals surface area (Å²) in [6.07, 6.45) is 1.03. The molecule has 0 saturated heterocycles. The molecule has 0 saturated carbocycles. The SMILES string of the molecule is CC(C)CCS[PH](=O)O. The Bertz CT molecular complexity index is 95.0. The van der Waals surface area contributed by atoms with Gasteiger partial charge in [0, 0.05) is 5.75 Å². The summed E-state index contributed by atoms with van der Waals surface area (Å²) in [5, 5.41) is 0. The quantitative estimate of drug-likeness (QED) is 0.653. The first kappa shape index (κ1) is 9.54. The Morgan fingerprint density at radius 1 is 1.67 bits per heavy atom. The van der Waals surface area contributed by atoms with Crippen molar-refractivity contribution >= 4 is 18.6 Å². The van der Waals surface area contributed by atoms with Crippen LogP contribution in [0.4, 0.5) is 0 Å². The van der Waals surface area contributed by atoms with E-state index in [1.165, 1.54) is 0 Å². The molecule has 0 radical (unpaired) electrons. The zero-order valence-corrected chi connectivity index (χ0v) is 7.57. The van der Waals surface area contributed by atoms with Crippen molar-refractivity contribution in [1.82, 2.24) is 0 Å². The molecule has 0 heterocycles. The van der Waals surface area contributed by atoms with Crippen molar-refractivity contribution in [3.8, 4) is 0 Å². The first-order valence-electron chi connectivity index (χ1n) is 2.98. The van der Waals surface area contributed by atoms with Gasteiger partial charge < -0.3 is 4.89 Å². The monoisotopic (exact) mass is 168 g/mol. The Kier molecular flexibility index (Phi) is 5.65. The van der Waals surface area contributed by atoms with E-state index in [1.807, 2.05) is 0 Å². The van der Waals surface area contributed by atoms with Crippen LogP contribution in [-0.4, -0.2) is 10.6 Å². The summed E-state index contributed by atoms with van der Waals surface area (Å²) in [6, 6.07) is 0. The second kappa shape index (κ2) is 5.33. The highest BCUT2D eigenvalue weighted by Gasteiger charge is 1.95. The van der Waals surface area contributed by atoms with Gasteiger partial charge in [-0.05, 0) is 12.3 Å². The Morgan fingerprint density at radius 2 is 2.22 bits per heavy atom. The van der Waals surface area contributed by atoms with Gasteiger partial charge in [-0.25, -0.2) is 0 Å². The molecular formula is C5H13O2PS. The summed E-state index contributed by atoms with van der Waals surface area (Å²) in [6.45, 7) is 4.21. The summed E-state index contributed by atoms with van der Waals surface area (Å²) < 4.78 is 10.1. The molecule has 56 valence electrons. The third kappa shape index (κ3) is 8.54. The lowest BCUT2D eigenvalue weighted by Crippen LogP contribution is -1.87. The minimum absolute atomic E-state index is 0.638. The van der Waals surface area contributed by atoms with Crippen molar-refractivity contribution in [2.75, 3.05) is 5.75 Å². The van der Waals surface area contributed by atoms with Crippen LogP contribution >= 0.6 is 18.6 Å². The van der Waals surface area contributed by atoms with Gasteiger partial charge in [-0.3, -0.25) is 4.57 Å². The van der Waals surface area contributed by atoms with Gasteiger partial charge in [0.25, 0.3) is 0 Å². The molecule has 0 amide bonds. The standard InChI is InChI=1S/C5H13O2PS/c1-5(2)3-4-9-8(6)7/h5,8H,3-4H2,1-2H3,(H,6,7). The zero-order chi connectivity index (χ0) is 7.28. The van der Waals surface area contributed by atoms with Gasteiger partial charge in [0.05, 0.1) is 0 Å². The molecule has 1 atom stereocenters. The van der Waals surface area contributed by atoms with Gasteiger partial charge in [-0.1, -0.05) is 25.2 Å². The maximum Gasteiger partial charge on any atom is 0.243 e. The van der Waals surface area contributed by atoms with E-state index in [0.29, 0.717) is 5.92 Å². The van der Waals surface area contributed by atoms with Crippen molar-refractivity contribution < 1.29 is 9.46 Å². The van der Waals surface area contributed by atoms with E-state index in [9.17, 15) is 4.57 Å². The first-order valence-corrected chi connectivity index (χ1v) is 6.05. The minimum Gasteiger partial charge on any atom is -0.339 e. The normalized spacial score (nSPS) is 14.2. The van der Waals surface area contributed by atoms with Crippen LogP contribution in [0.2, 0.25) is 0 Å². The molecule has 1 unspecified atom stereocenters. The molecule has 0 rings (SSSR count). The van der Waals surface area contributed by atoms with Gasteiger partial charge in [0.2, 0.25) is 7.23 Å². The molecule has 0 bridgehead atoms. The largest absolute Gasteiger partial charge is 0.339 e. The Hall–Kier alpha value is 0.540. The van der Waals surface area contributed by atoms with Crippen molar-refractivity contribution in [2.45, 2.75) is 20.3 Å². The van der Waals surface area contributed by atoms with Crippen LogP contribution in [0.1, 0.15) is 20.3 Å². The fraction of sp³-hybridized carbons (Fsp3) is 1.00. The fourth-order valence-corrected chi connectivity index (χ4v) is 2.02. The molecule has 0 aromatic carbocycles. The number of hydrogen-bond acceptors (Lipinski definition) is 2. The molecule has 0 spiro atoms. The van der Waals surface area contributed by atoms with Crippen LogP contribution in [0.3, 0.4) is 0 Å². The molecule has 4 heteroatoms. The van der Waals surface area contributed by atoms with Crippen LogP contribution in [0, 0.1) is 5.92 Å². The van der Waals surface area contributed by atoms with Crippen LogP contribution in [0.5, 0.6) is 0 Å². The second-order valence-electron chi connectivity index (χ2n) is 2.30. The highest BCUT2D eigenvalue weighted by atomic mass is 32.7. The van der Waals surface area contributed by atoms with E-state index in [2.05, 4.69) is 13.8 Å². The maximum absolute atomic E-state index is 10.1. The molecular weight excluding hydrogens is 155 g/mol. The topological polar surface area (TPSA) is 37.3 Å². The lowest BCUT2D eigenvalue weighted by Gasteiger charge is -2.00. The molecule has 0 aromatic heterocycles. The third-order valence-corrected chi connectivity index (χ3v) is 2.96. The van der Waals surface area contributed by atoms with Gasteiger partial charge in [-0.15, -0.1) is 0 Å². The van der Waals surface area contributed by atoms with Crippen molar-refractivity contribution in [3.63, 3.8) is 0 Å². The van der Waals surface area contributed by atoms with Gasteiger partial charge in [0.1, 0.15) is 0 Å². The Morgan fingerprint density at radius 3 is 2.56 bits per heavy atom. The van der Waals surface area contributed by atoms with E-state index in [4.69, 9.17) is 4.89 Å². The van der Waals surface area contributed by atoms with Crippen molar-refractivity contribution in [1.29, 1.82) is 0 Å². The van der Waals surface area contributed by atoms with Crippen molar-refractivity contribution in [2.24, 2.45) is 5.92 Å². The predicted molar refractivity (Wildman–Crippen MR) is 43.1 cm³/mol. The molecule has 2 nitrogen and oxygen atoms in total. The fourth-order valence-electron chi connectivity index (χ4n) is 0.382. The average molecular weight is 168 g/mol. The molecule has 0 aromatic rings. The van der Waals surface area contributed by atoms with Crippen LogP contribution in [-0.2, 0) is 4.57 Å². The summed E-state index contributed by atoms with van der Waals surface area (Å²) >= 11 is 1.16. The highest BCUT2D eigenvalue weighted by molar-refractivity contribution is 8.50. The number of rotatable bonds is 4. The second-order valence-corrected chi connectivity index (χ2v) is 5.44. The van der Waals surface area contributed by atoms with Gasteiger partial charge in [-0.2, -0.15) is 0 Å². The molecule has 1 N–H and O–H groups in total. The van der Waals surface area contributed by atoms with E-state index < -0.39 is 7.23 Å². The Labute approximate surface area is 60.7 Å². The molecule has 0 aliphatic heterocycles. The van der Waals surface area contributed by atoms with E-state index in [1.54, 1.807) is 0 Å². The summed E-state index contributed by atoms with van der Waals surface area (Å²) in [7, 11) is -2.26. The Balaban J connectivity index is 3.01. The van der Waals surface area contributed by atoms with Crippen LogP contribution < -0.4 is 0 Å². The van der Waals surface area contributed by atoms with Crippen molar-refractivity contribution in [3.05, 3.63) is 0 Å². The third-order valence-electron chi connectivity index (χ3n) is 0.921. The summed E-state index contributed by atoms with van der Waals surface area (Å²) in [5.41, 5.74) is 0. The van der Waals surface area contributed by atoms with Gasteiger partial charge in [0.15, 0.2) is 0 Å². The predicted octanol–water partition coefficient (Wildman–Crippen LogP) is 2.15. The van der Waals surface area contributed by atoms with E-state index >= 15 is 0 Å². The summed E-state index contributed by atoms with van der Waals surface area (Å²) in [4.78, 5) is 8.37. The van der Waals surface area contributed by atoms with Crippen LogP contribution in [0.25, 0.3) is 0 Å². The molecule has 9 heavy (non-hydrogen) atoms. The van der Waals surface area contributed by atoms with E-state index in [0.717, 1.165) is 23.6 Å². The number of hydrogen-bond donors (Lipinski definition) is 1. The summed E-state index contributed by atoms with van der Waals surface area (Å²) in [5.74, 6) is 1.45. The van der Waals surface area contributed by atoms with E-state index in [-0.39, 0.29) is 0 Å². The maximum atomic E-state index is 10.1. The van der Waals surface area contributed by atoms with Crippen LogP contribution in [0.15, 0.2) is 0 Å². The first-order chi connectivity index (χ1) is 4.13.